The van der Waals surface area contributed by atoms with E-state index in [1.165, 1.54) is 0 Å². The normalized spacial score (nSPS) is 10.4. The molecule has 3 rings (SSSR count). The molecule has 1 amide bonds. The Balaban J connectivity index is 1.78. The smallest absolute Gasteiger partial charge is 0.257 e. The van der Waals surface area contributed by atoms with Crippen LogP contribution in [0.25, 0.3) is 10.2 Å². The number of hydrogen-bond acceptors (Lipinski definition) is 5. The molecule has 4 nitrogen and oxygen atoms in total. The maximum atomic E-state index is 12.5. The van der Waals surface area contributed by atoms with Gasteiger partial charge in [0.2, 0.25) is 0 Å². The molecule has 0 saturated carbocycles. The van der Waals surface area contributed by atoms with Gasteiger partial charge >= 0.3 is 0 Å². The van der Waals surface area contributed by atoms with Gasteiger partial charge in [-0.2, -0.15) is 5.26 Å². The van der Waals surface area contributed by atoms with E-state index in [9.17, 15) is 4.79 Å². The Morgan fingerprint density at radius 2 is 2.22 bits per heavy atom. The average Bonchev–Trinajstić information content (AvgIpc) is 3.04. The molecule has 2 heterocycles. The molecule has 0 aliphatic carbocycles. The number of thioether (sulfide) groups is 1. The average molecular weight is 339 g/mol. The molecule has 0 spiro atoms. The number of nitriles is 1. The van der Waals surface area contributed by atoms with E-state index < -0.39 is 0 Å². The molecule has 1 aromatic carbocycles. The summed E-state index contributed by atoms with van der Waals surface area (Å²) in [5.41, 5.74) is 2.20. The number of para-hydroxylation sites is 1. The molecule has 6 heteroatoms. The summed E-state index contributed by atoms with van der Waals surface area (Å²) in [5.74, 6) is 0.521. The Kier molecular flexibility index (Phi) is 4.91. The monoisotopic (exact) mass is 339 g/mol. The lowest BCUT2D eigenvalue weighted by Gasteiger charge is -2.10. The van der Waals surface area contributed by atoms with Crippen molar-refractivity contribution in [2.75, 3.05) is 11.1 Å². The van der Waals surface area contributed by atoms with Gasteiger partial charge in [0.15, 0.2) is 0 Å². The van der Waals surface area contributed by atoms with Crippen molar-refractivity contribution in [3.05, 3.63) is 53.5 Å². The molecular weight excluding hydrogens is 326 g/mol. The number of carbonyl (C=O) groups excluding carboxylic acids is 1. The maximum Gasteiger partial charge on any atom is 0.257 e. The van der Waals surface area contributed by atoms with Gasteiger partial charge in [0, 0.05) is 23.3 Å². The van der Waals surface area contributed by atoms with E-state index in [-0.39, 0.29) is 5.91 Å². The predicted octanol–water partition coefficient (Wildman–Crippen LogP) is 4.55. The number of hydrogen-bond donors (Lipinski definition) is 1. The van der Waals surface area contributed by atoms with Crippen LogP contribution in [-0.4, -0.2) is 16.6 Å². The molecule has 0 saturated heterocycles. The molecule has 0 atom stereocenters. The molecule has 2 aromatic heterocycles. The van der Waals surface area contributed by atoms with E-state index in [1.807, 2.05) is 41.8 Å². The number of benzene rings is 1. The van der Waals surface area contributed by atoms with Crippen LogP contribution in [0.1, 0.15) is 16.8 Å². The number of amides is 1. The number of thiophene rings is 1. The predicted molar refractivity (Wildman–Crippen MR) is 95.0 cm³/mol. The Morgan fingerprint density at radius 3 is 3.09 bits per heavy atom. The topological polar surface area (TPSA) is 65.8 Å². The van der Waals surface area contributed by atoms with Crippen LogP contribution in [0.2, 0.25) is 0 Å². The summed E-state index contributed by atoms with van der Waals surface area (Å²) in [5, 5.41) is 13.5. The van der Waals surface area contributed by atoms with Crippen LogP contribution in [0.5, 0.6) is 0 Å². The highest BCUT2D eigenvalue weighted by Gasteiger charge is 2.11. The highest BCUT2D eigenvalue weighted by Crippen LogP contribution is 2.28. The summed E-state index contributed by atoms with van der Waals surface area (Å²) in [6.45, 7) is 0. The fourth-order valence-corrected chi connectivity index (χ4v) is 3.71. The number of nitrogens with zero attached hydrogens (tertiary/aromatic N) is 2. The van der Waals surface area contributed by atoms with Crippen molar-refractivity contribution >= 4 is 44.9 Å². The van der Waals surface area contributed by atoms with Crippen molar-refractivity contribution in [2.24, 2.45) is 0 Å². The van der Waals surface area contributed by atoms with E-state index >= 15 is 0 Å². The number of carbonyl (C=O) groups is 1. The van der Waals surface area contributed by atoms with Gasteiger partial charge in [-0.25, -0.2) is 0 Å². The van der Waals surface area contributed by atoms with Gasteiger partial charge in [0.1, 0.15) is 0 Å². The lowest BCUT2D eigenvalue weighted by molar-refractivity contribution is 0.102. The van der Waals surface area contributed by atoms with Crippen molar-refractivity contribution in [2.45, 2.75) is 11.3 Å². The van der Waals surface area contributed by atoms with Crippen molar-refractivity contribution in [3.63, 3.8) is 0 Å². The molecular formula is C17H13N3OS2. The van der Waals surface area contributed by atoms with Crippen LogP contribution in [0.3, 0.4) is 0 Å². The molecule has 114 valence electrons. The fraction of sp³-hybridized carbons (Fsp3) is 0.118. The standard InChI is InChI=1S/C17H13N3OS2/c18-7-3-8-22-15-5-2-1-4-14(15)20-17(21)12-10-16-13(19-11-12)6-9-23-16/h1-2,4-6,9-11H,3,8H2,(H,20,21). The quantitative estimate of drug-likeness (QED) is 0.547. The molecule has 0 aliphatic rings. The summed E-state index contributed by atoms with van der Waals surface area (Å²) in [6.07, 6.45) is 2.07. The van der Waals surface area contributed by atoms with Gasteiger partial charge in [-0.1, -0.05) is 12.1 Å². The number of aromatic nitrogens is 1. The third-order valence-corrected chi connectivity index (χ3v) is 5.10. The van der Waals surface area contributed by atoms with Crippen LogP contribution in [-0.2, 0) is 0 Å². The summed E-state index contributed by atoms with van der Waals surface area (Å²) in [6, 6.07) is 13.5. The minimum atomic E-state index is -0.180. The molecule has 23 heavy (non-hydrogen) atoms. The number of fused-ring (bicyclic) bond motifs is 1. The summed E-state index contributed by atoms with van der Waals surface area (Å²) in [7, 11) is 0. The Labute approximate surface area is 142 Å². The van der Waals surface area contributed by atoms with Gasteiger partial charge in [-0.3, -0.25) is 9.78 Å². The highest BCUT2D eigenvalue weighted by atomic mass is 32.2. The van der Waals surface area contributed by atoms with Crippen LogP contribution >= 0.6 is 23.1 Å². The number of pyridine rings is 1. The SMILES string of the molecule is N#CCCSc1ccccc1NC(=O)c1cnc2ccsc2c1. The van der Waals surface area contributed by atoms with E-state index in [4.69, 9.17) is 5.26 Å². The largest absolute Gasteiger partial charge is 0.321 e. The second kappa shape index (κ2) is 7.27. The first kappa shape index (κ1) is 15.5. The lowest BCUT2D eigenvalue weighted by Crippen LogP contribution is -2.12. The van der Waals surface area contributed by atoms with Crippen LogP contribution in [0.4, 0.5) is 5.69 Å². The van der Waals surface area contributed by atoms with Gasteiger partial charge in [0.05, 0.1) is 27.5 Å². The summed E-state index contributed by atoms with van der Waals surface area (Å²) in [4.78, 5) is 17.7. The minimum absolute atomic E-state index is 0.180. The Bertz CT molecular complexity index is 883. The van der Waals surface area contributed by atoms with Crippen molar-refractivity contribution in [1.29, 1.82) is 5.26 Å². The Morgan fingerprint density at radius 1 is 1.35 bits per heavy atom. The van der Waals surface area contributed by atoms with Crippen molar-refractivity contribution < 1.29 is 4.79 Å². The van der Waals surface area contributed by atoms with Crippen LogP contribution in [0.15, 0.2) is 52.9 Å². The Hall–Kier alpha value is -2.36. The number of rotatable bonds is 5. The molecule has 0 unspecified atom stereocenters. The molecule has 0 radical (unpaired) electrons. The fourth-order valence-electron chi connectivity index (χ4n) is 2.07. The highest BCUT2D eigenvalue weighted by molar-refractivity contribution is 7.99. The molecule has 0 bridgehead atoms. The molecule has 0 aliphatic heterocycles. The molecule has 3 aromatic rings. The van der Waals surface area contributed by atoms with E-state index in [0.29, 0.717) is 17.7 Å². The summed E-state index contributed by atoms with van der Waals surface area (Å²) >= 11 is 3.13. The third-order valence-electron chi connectivity index (χ3n) is 3.17. The summed E-state index contributed by atoms with van der Waals surface area (Å²) < 4.78 is 0.995. The van der Waals surface area contributed by atoms with Gasteiger partial charge in [-0.15, -0.1) is 23.1 Å². The minimum Gasteiger partial charge on any atom is -0.321 e. The second-order valence-corrected chi connectivity index (χ2v) is 6.82. The van der Waals surface area contributed by atoms with E-state index in [1.54, 1.807) is 29.3 Å². The molecule has 0 fully saturated rings. The first-order chi connectivity index (χ1) is 11.3. The van der Waals surface area contributed by atoms with Crippen LogP contribution < -0.4 is 5.32 Å². The second-order valence-electron chi connectivity index (χ2n) is 4.73. The van der Waals surface area contributed by atoms with Crippen molar-refractivity contribution in [3.8, 4) is 6.07 Å². The zero-order chi connectivity index (χ0) is 16.1. The van der Waals surface area contributed by atoms with Crippen LogP contribution in [0, 0.1) is 11.3 Å². The number of anilines is 1. The van der Waals surface area contributed by atoms with E-state index in [2.05, 4.69) is 16.4 Å². The maximum absolute atomic E-state index is 12.5. The molecule has 1 N–H and O–H groups in total. The zero-order valence-electron chi connectivity index (χ0n) is 12.2. The van der Waals surface area contributed by atoms with Crippen molar-refractivity contribution in [1.82, 2.24) is 4.98 Å². The van der Waals surface area contributed by atoms with Gasteiger partial charge < -0.3 is 5.32 Å². The third kappa shape index (κ3) is 3.70. The first-order valence-corrected chi connectivity index (χ1v) is 8.88. The zero-order valence-corrected chi connectivity index (χ0v) is 13.8. The van der Waals surface area contributed by atoms with Gasteiger partial charge in [-0.05, 0) is 29.6 Å². The van der Waals surface area contributed by atoms with E-state index in [0.717, 1.165) is 20.8 Å². The lowest BCUT2D eigenvalue weighted by atomic mass is 10.2. The number of nitrogens with one attached hydrogen (secondary N) is 1. The van der Waals surface area contributed by atoms with Gasteiger partial charge in [0.25, 0.3) is 5.91 Å². The first-order valence-electron chi connectivity index (χ1n) is 7.01.